The molecule has 2 heterocycles. The first kappa shape index (κ1) is 21.1. The zero-order chi connectivity index (χ0) is 18.0. The molecule has 0 aromatic heterocycles. The van der Waals surface area contributed by atoms with Gasteiger partial charge >= 0.3 is 5.97 Å². The quantitative estimate of drug-likeness (QED) is 0.576. The Bertz CT molecular complexity index is 649. The van der Waals surface area contributed by atoms with E-state index in [1.165, 1.54) is 6.42 Å². The van der Waals surface area contributed by atoms with Crippen LogP contribution in [0.3, 0.4) is 0 Å². The van der Waals surface area contributed by atoms with Crippen molar-refractivity contribution in [3.05, 3.63) is 22.2 Å². The summed E-state index contributed by atoms with van der Waals surface area (Å²) < 4.78 is 0. The number of benzene rings is 1. The number of nitrogens with two attached hydrogens (primary N) is 1. The number of hydrogen-bond acceptors (Lipinski definition) is 5. The lowest BCUT2D eigenvalue weighted by molar-refractivity contribution is -0.222. The van der Waals surface area contributed by atoms with Crippen molar-refractivity contribution in [3.63, 3.8) is 0 Å². The molecule has 2 aliphatic rings. The van der Waals surface area contributed by atoms with Crippen LogP contribution in [0.15, 0.2) is 6.07 Å². The molecule has 146 valence electrons. The Labute approximate surface area is 164 Å². The fourth-order valence-electron chi connectivity index (χ4n) is 3.83. The number of anilines is 1. The minimum absolute atomic E-state index is 0. The van der Waals surface area contributed by atoms with E-state index in [4.69, 9.17) is 27.1 Å². The van der Waals surface area contributed by atoms with Crippen molar-refractivity contribution in [3.8, 4) is 5.75 Å². The van der Waals surface area contributed by atoms with Gasteiger partial charge in [-0.1, -0.05) is 18.5 Å². The fourth-order valence-corrected chi connectivity index (χ4v) is 4.05. The standard InChI is InChI=1S/C18H25ClN2O4.ClH/c1-2-5-21-6-3-11(4-7-21)8-12-9-14(19)16(20)17-15(12)13(18(22)23)10-24-25-17;/h9,11,13H,2-8,10,20H2,1H3,(H,22,23);1H. The van der Waals surface area contributed by atoms with Gasteiger partial charge in [0.2, 0.25) is 0 Å². The number of rotatable bonds is 5. The summed E-state index contributed by atoms with van der Waals surface area (Å²) in [5.41, 5.74) is 7.76. The van der Waals surface area contributed by atoms with E-state index in [1.807, 2.05) is 0 Å². The predicted molar refractivity (Wildman–Crippen MR) is 103 cm³/mol. The second-order valence-corrected chi connectivity index (χ2v) is 7.33. The molecule has 0 aliphatic carbocycles. The summed E-state index contributed by atoms with van der Waals surface area (Å²) in [5, 5.41) is 9.93. The first-order chi connectivity index (χ1) is 12.0. The van der Waals surface area contributed by atoms with E-state index in [0.29, 0.717) is 16.5 Å². The molecule has 6 nitrogen and oxygen atoms in total. The van der Waals surface area contributed by atoms with Crippen LogP contribution >= 0.6 is 24.0 Å². The fraction of sp³-hybridized carbons (Fsp3) is 0.611. The molecular formula is C18H26Cl2N2O4. The van der Waals surface area contributed by atoms with Gasteiger partial charge in [-0.05, 0) is 62.9 Å². The largest absolute Gasteiger partial charge is 0.481 e. The number of fused-ring (bicyclic) bond motifs is 1. The minimum atomic E-state index is -0.940. The maximum atomic E-state index is 11.7. The summed E-state index contributed by atoms with van der Waals surface area (Å²) in [6.45, 7) is 5.49. The number of nitrogens with zero attached hydrogens (tertiary/aromatic N) is 1. The Morgan fingerprint density at radius 2 is 2.12 bits per heavy atom. The summed E-state index contributed by atoms with van der Waals surface area (Å²) in [4.78, 5) is 24.3. The van der Waals surface area contributed by atoms with Crippen LogP contribution in [-0.2, 0) is 16.1 Å². The minimum Gasteiger partial charge on any atom is -0.481 e. The van der Waals surface area contributed by atoms with Gasteiger partial charge in [0.1, 0.15) is 12.5 Å². The molecule has 1 aromatic rings. The van der Waals surface area contributed by atoms with E-state index in [-0.39, 0.29) is 30.5 Å². The van der Waals surface area contributed by atoms with Crippen molar-refractivity contribution < 1.29 is 19.7 Å². The van der Waals surface area contributed by atoms with Crippen molar-refractivity contribution in [2.45, 2.75) is 38.5 Å². The number of likely N-dealkylation sites (tertiary alicyclic amines) is 1. The number of carboxylic acid groups (broad SMARTS) is 1. The van der Waals surface area contributed by atoms with Gasteiger partial charge in [-0.2, -0.15) is 4.89 Å². The van der Waals surface area contributed by atoms with Crippen LogP contribution in [0.1, 0.15) is 43.2 Å². The highest BCUT2D eigenvalue weighted by Gasteiger charge is 2.34. The molecule has 1 aromatic carbocycles. The number of halogens is 2. The van der Waals surface area contributed by atoms with Crippen molar-refractivity contribution in [2.24, 2.45) is 5.92 Å². The maximum Gasteiger partial charge on any atom is 0.313 e. The first-order valence-electron chi connectivity index (χ1n) is 8.86. The van der Waals surface area contributed by atoms with E-state index >= 15 is 0 Å². The van der Waals surface area contributed by atoms with E-state index in [1.54, 1.807) is 6.07 Å². The molecule has 8 heteroatoms. The summed E-state index contributed by atoms with van der Waals surface area (Å²) in [7, 11) is 0. The van der Waals surface area contributed by atoms with Gasteiger partial charge in [0.25, 0.3) is 0 Å². The average Bonchev–Trinajstić information content (AvgIpc) is 2.60. The molecule has 1 unspecified atom stereocenters. The molecule has 0 spiro atoms. The highest BCUT2D eigenvalue weighted by atomic mass is 35.5. The molecule has 1 saturated heterocycles. The molecule has 0 amide bonds. The third kappa shape index (κ3) is 4.36. The summed E-state index contributed by atoms with van der Waals surface area (Å²) >= 11 is 6.24. The molecule has 3 N–H and O–H groups in total. The van der Waals surface area contributed by atoms with Crippen molar-refractivity contribution in [1.82, 2.24) is 4.90 Å². The Hall–Kier alpha value is -1.21. The molecule has 0 bridgehead atoms. The van der Waals surface area contributed by atoms with Gasteiger partial charge in [0.15, 0.2) is 5.75 Å². The Morgan fingerprint density at radius 3 is 2.73 bits per heavy atom. The van der Waals surface area contributed by atoms with Crippen LogP contribution in [0.5, 0.6) is 5.75 Å². The lowest BCUT2D eigenvalue weighted by Gasteiger charge is -2.33. The van der Waals surface area contributed by atoms with Crippen LogP contribution in [-0.4, -0.2) is 42.2 Å². The van der Waals surface area contributed by atoms with Crippen molar-refractivity contribution >= 4 is 35.7 Å². The lowest BCUT2D eigenvalue weighted by Crippen LogP contribution is -2.35. The molecule has 1 fully saturated rings. The maximum absolute atomic E-state index is 11.7. The molecule has 2 aliphatic heterocycles. The smallest absolute Gasteiger partial charge is 0.313 e. The van der Waals surface area contributed by atoms with Gasteiger partial charge in [-0.15, -0.1) is 12.4 Å². The molecule has 1 atom stereocenters. The monoisotopic (exact) mass is 404 g/mol. The van der Waals surface area contributed by atoms with E-state index in [0.717, 1.165) is 44.5 Å². The normalized spacial score (nSPS) is 20.8. The average molecular weight is 405 g/mol. The Morgan fingerprint density at radius 1 is 1.42 bits per heavy atom. The molecule has 0 radical (unpaired) electrons. The van der Waals surface area contributed by atoms with Crippen molar-refractivity contribution in [2.75, 3.05) is 32.0 Å². The summed E-state index contributed by atoms with van der Waals surface area (Å²) in [6, 6.07) is 1.80. The van der Waals surface area contributed by atoms with Crippen LogP contribution in [0, 0.1) is 5.92 Å². The second-order valence-electron chi connectivity index (χ2n) is 6.92. The second kappa shape index (κ2) is 9.13. The predicted octanol–water partition coefficient (Wildman–Crippen LogP) is 3.50. The summed E-state index contributed by atoms with van der Waals surface area (Å²) in [5.74, 6) is -0.942. The highest BCUT2D eigenvalue weighted by Crippen LogP contribution is 2.44. The molecule has 0 saturated carbocycles. The van der Waals surface area contributed by atoms with Crippen LogP contribution in [0.25, 0.3) is 0 Å². The van der Waals surface area contributed by atoms with Gasteiger partial charge < -0.3 is 20.6 Å². The van der Waals surface area contributed by atoms with Crippen LogP contribution in [0.4, 0.5) is 5.69 Å². The van der Waals surface area contributed by atoms with Crippen LogP contribution < -0.4 is 10.6 Å². The highest BCUT2D eigenvalue weighted by molar-refractivity contribution is 6.33. The molecule has 26 heavy (non-hydrogen) atoms. The first-order valence-corrected chi connectivity index (χ1v) is 9.24. The molecular weight excluding hydrogens is 379 g/mol. The number of nitrogen functional groups attached to an aromatic ring is 1. The topological polar surface area (TPSA) is 85.0 Å². The van der Waals surface area contributed by atoms with Crippen molar-refractivity contribution in [1.29, 1.82) is 0 Å². The van der Waals surface area contributed by atoms with Gasteiger partial charge in [-0.3, -0.25) is 4.79 Å². The Kier molecular flexibility index (Phi) is 7.41. The molecule has 3 rings (SSSR count). The van der Waals surface area contributed by atoms with E-state index in [9.17, 15) is 9.90 Å². The van der Waals surface area contributed by atoms with Crippen LogP contribution in [0.2, 0.25) is 5.02 Å². The van der Waals surface area contributed by atoms with Gasteiger partial charge in [0, 0.05) is 5.56 Å². The summed E-state index contributed by atoms with van der Waals surface area (Å²) in [6.07, 6.45) is 4.16. The number of hydrogen-bond donors (Lipinski definition) is 2. The third-order valence-electron chi connectivity index (χ3n) is 5.17. The Balaban J connectivity index is 0.00000243. The number of aliphatic carboxylic acids is 1. The lowest BCUT2D eigenvalue weighted by atomic mass is 9.84. The van der Waals surface area contributed by atoms with E-state index in [2.05, 4.69) is 11.8 Å². The third-order valence-corrected chi connectivity index (χ3v) is 5.49. The number of piperidine rings is 1. The SMILES string of the molecule is CCCN1CCC(Cc2cc(Cl)c(N)c3c2C(C(=O)O)COO3)CC1.Cl. The number of carbonyl (C=O) groups is 1. The zero-order valence-corrected chi connectivity index (χ0v) is 16.4. The number of carboxylic acids is 1. The van der Waals surface area contributed by atoms with E-state index < -0.39 is 11.9 Å². The zero-order valence-electron chi connectivity index (χ0n) is 14.9. The van der Waals surface area contributed by atoms with Gasteiger partial charge in [0.05, 0.1) is 10.7 Å². The van der Waals surface area contributed by atoms with Gasteiger partial charge in [-0.25, -0.2) is 0 Å².